The van der Waals surface area contributed by atoms with Crippen molar-refractivity contribution in [2.75, 3.05) is 6.61 Å². The second kappa shape index (κ2) is 5.81. The van der Waals surface area contributed by atoms with E-state index in [0.717, 1.165) is 17.8 Å². The molecule has 0 N–H and O–H groups in total. The number of rotatable bonds is 5. The Labute approximate surface area is 121 Å². The topological polar surface area (TPSA) is 60.4 Å². The van der Waals surface area contributed by atoms with Crippen molar-refractivity contribution in [3.05, 3.63) is 15.8 Å². The number of carbonyl (C=O) groups excluding carboxylic acids is 1. The van der Waals surface area contributed by atoms with Crippen LogP contribution >= 0.6 is 22.0 Å². The van der Waals surface area contributed by atoms with Gasteiger partial charge in [-0.2, -0.15) is 0 Å². The van der Waals surface area contributed by atoms with Gasteiger partial charge in [0.15, 0.2) is 0 Å². The Bertz CT molecular complexity index is 573. The lowest BCUT2D eigenvalue weighted by Gasteiger charge is -2.24. The maximum atomic E-state index is 11.8. The summed E-state index contributed by atoms with van der Waals surface area (Å²) >= 11 is 1.09. The molecule has 0 saturated heterocycles. The molecule has 4 nitrogen and oxygen atoms in total. The predicted molar refractivity (Wildman–Crippen MR) is 74.3 cm³/mol. The van der Waals surface area contributed by atoms with Gasteiger partial charge >= 0.3 is 5.97 Å². The average molecular weight is 323 g/mol. The molecular weight excluding hydrogens is 308 g/mol. The van der Waals surface area contributed by atoms with Crippen LogP contribution in [0.3, 0.4) is 0 Å². The lowest BCUT2D eigenvalue weighted by atomic mass is 9.83. The zero-order chi connectivity index (χ0) is 14.0. The molecule has 1 aliphatic carbocycles. The van der Waals surface area contributed by atoms with Crippen LogP contribution < -0.4 is 0 Å². The van der Waals surface area contributed by atoms with Gasteiger partial charge in [-0.3, -0.25) is 0 Å². The largest absolute Gasteiger partial charge is 0.461 e. The fourth-order valence-corrected chi connectivity index (χ4v) is 4.54. The smallest absolute Gasteiger partial charge is 0.348 e. The van der Waals surface area contributed by atoms with Crippen molar-refractivity contribution in [3.8, 4) is 0 Å². The van der Waals surface area contributed by atoms with Gasteiger partial charge in [-0.05, 0) is 25.3 Å². The summed E-state index contributed by atoms with van der Waals surface area (Å²) in [6.45, 7) is 2.01. The Balaban J connectivity index is 1.95. The molecule has 0 bridgehead atoms. The van der Waals surface area contributed by atoms with Crippen molar-refractivity contribution in [1.29, 1.82) is 0 Å². The molecule has 0 aromatic carbocycles. The predicted octanol–water partition coefficient (Wildman–Crippen LogP) is 3.33. The number of halogens is 1. The summed E-state index contributed by atoms with van der Waals surface area (Å²) in [7, 11) is 1.48. The first kappa shape index (κ1) is 14.8. The normalized spacial score (nSPS) is 16.1. The highest BCUT2D eigenvalue weighted by molar-refractivity contribution is 8.13. The molecule has 0 amide bonds. The molecular formula is C12H15ClO4S2. The molecule has 0 aliphatic heterocycles. The van der Waals surface area contributed by atoms with Crippen LogP contribution in [0, 0.1) is 12.8 Å². The molecule has 0 unspecified atom stereocenters. The molecule has 1 fully saturated rings. The molecule has 2 rings (SSSR count). The third-order valence-electron chi connectivity index (χ3n) is 3.32. The number of ether oxygens (including phenoxy) is 1. The number of esters is 1. The maximum Gasteiger partial charge on any atom is 0.348 e. The zero-order valence-electron chi connectivity index (χ0n) is 10.5. The summed E-state index contributed by atoms with van der Waals surface area (Å²) in [5.74, 6) is 0.204. The first-order valence-corrected chi connectivity index (χ1v) is 9.22. The fraction of sp³-hybridized carbons (Fsp3) is 0.583. The molecule has 106 valence electrons. The molecule has 1 saturated carbocycles. The quantitative estimate of drug-likeness (QED) is 0.616. The van der Waals surface area contributed by atoms with Gasteiger partial charge in [0, 0.05) is 15.6 Å². The highest BCUT2D eigenvalue weighted by Crippen LogP contribution is 2.30. The molecule has 1 aliphatic rings. The van der Waals surface area contributed by atoms with Crippen LogP contribution in [0.2, 0.25) is 0 Å². The summed E-state index contributed by atoms with van der Waals surface area (Å²) in [5.41, 5.74) is 0. The number of carbonyl (C=O) groups is 1. The average Bonchev–Trinajstić information content (AvgIpc) is 2.63. The minimum atomic E-state index is -3.80. The van der Waals surface area contributed by atoms with Gasteiger partial charge in [0.05, 0.1) is 11.5 Å². The minimum absolute atomic E-state index is 0.00916. The molecule has 1 heterocycles. The number of aryl methyl sites for hydroxylation is 1. The van der Waals surface area contributed by atoms with Gasteiger partial charge in [-0.1, -0.05) is 19.3 Å². The number of thiophene rings is 1. The van der Waals surface area contributed by atoms with Crippen LogP contribution in [-0.4, -0.2) is 21.0 Å². The first-order valence-electron chi connectivity index (χ1n) is 6.10. The molecule has 1 aromatic heterocycles. The summed E-state index contributed by atoms with van der Waals surface area (Å²) in [6, 6.07) is 1.29. The van der Waals surface area contributed by atoms with Crippen LogP contribution in [0.1, 0.15) is 40.2 Å². The Morgan fingerprint density at radius 3 is 2.68 bits per heavy atom. The van der Waals surface area contributed by atoms with Crippen molar-refractivity contribution < 1.29 is 17.9 Å². The van der Waals surface area contributed by atoms with E-state index < -0.39 is 15.0 Å². The van der Waals surface area contributed by atoms with E-state index in [9.17, 15) is 13.2 Å². The van der Waals surface area contributed by atoms with E-state index in [2.05, 4.69) is 0 Å². The van der Waals surface area contributed by atoms with E-state index in [1.54, 1.807) is 6.92 Å². The van der Waals surface area contributed by atoms with Crippen LogP contribution in [0.15, 0.2) is 11.0 Å². The van der Waals surface area contributed by atoms with Crippen molar-refractivity contribution in [2.45, 2.75) is 37.5 Å². The van der Waals surface area contributed by atoms with Crippen molar-refractivity contribution in [2.24, 2.45) is 5.92 Å². The molecule has 0 spiro atoms. The van der Waals surface area contributed by atoms with E-state index >= 15 is 0 Å². The molecule has 0 radical (unpaired) electrons. The highest BCUT2D eigenvalue weighted by Gasteiger charge is 2.22. The van der Waals surface area contributed by atoms with E-state index in [1.807, 2.05) is 0 Å². The second-order valence-electron chi connectivity index (χ2n) is 4.69. The van der Waals surface area contributed by atoms with E-state index in [-0.39, 0.29) is 9.77 Å². The molecule has 19 heavy (non-hydrogen) atoms. The molecule has 1 aromatic rings. The Morgan fingerprint density at radius 1 is 1.53 bits per heavy atom. The van der Waals surface area contributed by atoms with Gasteiger partial charge in [-0.15, -0.1) is 11.3 Å². The lowest BCUT2D eigenvalue weighted by molar-refractivity contribution is 0.0470. The SMILES string of the molecule is Cc1sc(C(=O)OCCC2CCC2)cc1S(=O)(=O)Cl. The van der Waals surface area contributed by atoms with Crippen molar-refractivity contribution in [1.82, 2.24) is 0 Å². The Morgan fingerprint density at radius 2 is 2.21 bits per heavy atom. The summed E-state index contributed by atoms with van der Waals surface area (Å²) in [4.78, 5) is 12.5. The van der Waals surface area contributed by atoms with E-state index in [1.165, 1.54) is 25.3 Å². The van der Waals surface area contributed by atoms with Gasteiger partial charge in [-0.25, -0.2) is 13.2 Å². The first-order chi connectivity index (χ1) is 8.88. The number of hydrogen-bond donors (Lipinski definition) is 0. The second-order valence-corrected chi connectivity index (χ2v) is 8.48. The molecule has 7 heteroatoms. The summed E-state index contributed by atoms with van der Waals surface area (Å²) in [5, 5.41) is 0. The monoisotopic (exact) mass is 322 g/mol. The third-order valence-corrected chi connectivity index (χ3v) is 5.93. The van der Waals surface area contributed by atoms with Crippen LogP contribution in [0.5, 0.6) is 0 Å². The van der Waals surface area contributed by atoms with Gasteiger partial charge in [0.1, 0.15) is 4.88 Å². The van der Waals surface area contributed by atoms with Crippen LogP contribution in [-0.2, 0) is 13.8 Å². The standard InChI is InChI=1S/C12H15ClO4S2/c1-8-11(19(13,15)16)7-10(18-8)12(14)17-6-5-9-3-2-4-9/h7,9H,2-6H2,1H3. The summed E-state index contributed by atoms with van der Waals surface area (Å²) < 4.78 is 27.7. The van der Waals surface area contributed by atoms with E-state index in [4.69, 9.17) is 15.4 Å². The molecule has 0 atom stereocenters. The van der Waals surface area contributed by atoms with Gasteiger partial charge in [0.2, 0.25) is 0 Å². The summed E-state index contributed by atoms with van der Waals surface area (Å²) in [6.07, 6.45) is 4.57. The maximum absolute atomic E-state index is 11.8. The third kappa shape index (κ3) is 3.70. The number of hydrogen-bond acceptors (Lipinski definition) is 5. The van der Waals surface area contributed by atoms with Gasteiger partial charge in [0.25, 0.3) is 9.05 Å². The van der Waals surface area contributed by atoms with Crippen LogP contribution in [0.25, 0.3) is 0 Å². The van der Waals surface area contributed by atoms with Crippen LogP contribution in [0.4, 0.5) is 0 Å². The lowest BCUT2D eigenvalue weighted by Crippen LogP contribution is -2.15. The van der Waals surface area contributed by atoms with Crippen molar-refractivity contribution >= 4 is 37.0 Å². The Kier molecular flexibility index (Phi) is 4.53. The zero-order valence-corrected chi connectivity index (χ0v) is 12.9. The fourth-order valence-electron chi connectivity index (χ4n) is 1.98. The van der Waals surface area contributed by atoms with E-state index in [0.29, 0.717) is 17.4 Å². The van der Waals surface area contributed by atoms with Crippen molar-refractivity contribution in [3.63, 3.8) is 0 Å². The Hall–Kier alpha value is -0.590. The highest BCUT2D eigenvalue weighted by atomic mass is 35.7. The minimum Gasteiger partial charge on any atom is -0.461 e. The van der Waals surface area contributed by atoms with Gasteiger partial charge < -0.3 is 4.74 Å².